The predicted octanol–water partition coefficient (Wildman–Crippen LogP) is 7.30. The highest BCUT2D eigenvalue weighted by Gasteiger charge is 2.19. The van der Waals surface area contributed by atoms with E-state index in [4.69, 9.17) is 34.8 Å². The van der Waals surface area contributed by atoms with Crippen molar-refractivity contribution in [2.24, 2.45) is 4.99 Å². The van der Waals surface area contributed by atoms with Gasteiger partial charge in [-0.25, -0.2) is 4.98 Å². The number of pyridine rings is 1. The lowest BCUT2D eigenvalue weighted by Gasteiger charge is -2.16. The van der Waals surface area contributed by atoms with Gasteiger partial charge in [0.2, 0.25) is 5.91 Å². The maximum absolute atomic E-state index is 12.7. The number of amides is 1. The predicted molar refractivity (Wildman–Crippen MR) is 128 cm³/mol. The molecular weight excluding hydrogens is 461 g/mol. The quantitative estimate of drug-likeness (QED) is 0.220. The summed E-state index contributed by atoms with van der Waals surface area (Å²) in [6.45, 7) is 1.97. The fourth-order valence-electron chi connectivity index (χ4n) is 2.55. The van der Waals surface area contributed by atoms with Crippen molar-refractivity contribution in [1.29, 1.82) is 0 Å². The molecule has 2 aromatic carbocycles. The smallest absolute Gasteiger partial charge is 0.237 e. The van der Waals surface area contributed by atoms with Crippen LogP contribution in [0, 0.1) is 0 Å². The molecule has 1 aromatic heterocycles. The number of carbonyl (C=O) groups is 1. The molecule has 0 aliphatic carbocycles. The first-order valence-electron chi connectivity index (χ1n) is 9.14. The maximum atomic E-state index is 12.7. The number of aromatic nitrogens is 1. The summed E-state index contributed by atoms with van der Waals surface area (Å²) in [7, 11) is 0. The highest BCUT2D eigenvalue weighted by molar-refractivity contribution is 8.00. The van der Waals surface area contributed by atoms with Gasteiger partial charge in [0.25, 0.3) is 0 Å². The van der Waals surface area contributed by atoms with Crippen LogP contribution in [0.25, 0.3) is 0 Å². The number of thioether (sulfide) groups is 1. The van der Waals surface area contributed by atoms with Crippen molar-refractivity contribution >= 4 is 70.1 Å². The summed E-state index contributed by atoms with van der Waals surface area (Å²) in [5, 5.41) is 3.73. The van der Waals surface area contributed by atoms with Crippen LogP contribution in [0.5, 0.6) is 0 Å². The van der Waals surface area contributed by atoms with Gasteiger partial charge in [-0.05, 0) is 55.0 Å². The van der Waals surface area contributed by atoms with Crippen LogP contribution >= 0.6 is 46.6 Å². The topological polar surface area (TPSA) is 54.4 Å². The number of benzene rings is 2. The Morgan fingerprint density at radius 2 is 1.90 bits per heavy atom. The van der Waals surface area contributed by atoms with Crippen LogP contribution in [-0.2, 0) is 4.79 Å². The molecule has 0 fully saturated rings. The summed E-state index contributed by atoms with van der Waals surface area (Å²) in [6, 6.07) is 16.5. The van der Waals surface area contributed by atoms with E-state index < -0.39 is 0 Å². The van der Waals surface area contributed by atoms with Crippen molar-refractivity contribution < 1.29 is 4.79 Å². The largest absolute Gasteiger partial charge is 0.324 e. The summed E-state index contributed by atoms with van der Waals surface area (Å²) in [6.07, 6.45) is 3.97. The Bertz CT molecular complexity index is 1060. The van der Waals surface area contributed by atoms with Crippen LogP contribution in [-0.4, -0.2) is 22.4 Å². The normalized spacial score (nSPS) is 12.1. The van der Waals surface area contributed by atoms with Gasteiger partial charge in [-0.3, -0.25) is 9.79 Å². The first-order valence-corrected chi connectivity index (χ1v) is 11.2. The molecule has 3 aromatic rings. The molecule has 0 radical (unpaired) electrons. The van der Waals surface area contributed by atoms with Gasteiger partial charge in [0, 0.05) is 22.9 Å². The standard InChI is InChI=1S/C22H18Cl3N3OS/c1-2-19(22(29)28-18-7-3-6-17(23)20(18)24)30-16-10-8-15(9-11-16)27-13-14-5-4-12-26-21(14)25/h3-13,19H,2H2,1H3,(H,28,29)/t19-/m1/s1. The second-order valence-corrected chi connectivity index (χ2v) is 8.66. The summed E-state index contributed by atoms with van der Waals surface area (Å²) in [5.74, 6) is -0.125. The van der Waals surface area contributed by atoms with E-state index in [0.29, 0.717) is 27.3 Å². The molecule has 30 heavy (non-hydrogen) atoms. The number of hydrogen-bond acceptors (Lipinski definition) is 4. The third kappa shape index (κ3) is 5.99. The molecule has 0 aliphatic heterocycles. The van der Waals surface area contributed by atoms with Gasteiger partial charge in [0.1, 0.15) is 5.15 Å². The zero-order chi connectivity index (χ0) is 21.5. The highest BCUT2D eigenvalue weighted by Crippen LogP contribution is 2.32. The molecule has 154 valence electrons. The lowest BCUT2D eigenvalue weighted by molar-refractivity contribution is -0.115. The molecule has 8 heteroatoms. The van der Waals surface area contributed by atoms with E-state index in [1.54, 1.807) is 36.7 Å². The zero-order valence-electron chi connectivity index (χ0n) is 16.0. The van der Waals surface area contributed by atoms with E-state index in [1.165, 1.54) is 11.8 Å². The minimum atomic E-state index is -0.274. The second-order valence-electron chi connectivity index (χ2n) is 6.24. The van der Waals surface area contributed by atoms with Gasteiger partial charge in [-0.2, -0.15) is 0 Å². The van der Waals surface area contributed by atoms with Crippen molar-refractivity contribution in [2.75, 3.05) is 5.32 Å². The van der Waals surface area contributed by atoms with E-state index in [-0.39, 0.29) is 11.2 Å². The van der Waals surface area contributed by atoms with E-state index in [9.17, 15) is 4.79 Å². The number of rotatable bonds is 7. The van der Waals surface area contributed by atoms with Crippen LogP contribution in [0.3, 0.4) is 0 Å². The molecule has 0 unspecified atom stereocenters. The molecule has 1 amide bonds. The summed E-state index contributed by atoms with van der Waals surface area (Å²) < 4.78 is 0. The Kier molecular flexibility index (Phi) is 8.16. The number of hydrogen-bond donors (Lipinski definition) is 1. The summed E-state index contributed by atoms with van der Waals surface area (Å²) in [4.78, 5) is 22.1. The Labute approximate surface area is 194 Å². The average molecular weight is 479 g/mol. The van der Waals surface area contributed by atoms with Crippen LogP contribution in [0.4, 0.5) is 11.4 Å². The Morgan fingerprint density at radius 1 is 1.13 bits per heavy atom. The number of nitrogens with one attached hydrogen (secondary N) is 1. The van der Waals surface area contributed by atoms with Gasteiger partial charge < -0.3 is 5.32 Å². The number of nitrogens with zero attached hydrogens (tertiary/aromatic N) is 2. The highest BCUT2D eigenvalue weighted by atomic mass is 35.5. The molecule has 0 saturated carbocycles. The van der Waals surface area contributed by atoms with Gasteiger partial charge in [0.05, 0.1) is 26.7 Å². The molecule has 0 bridgehead atoms. The van der Waals surface area contributed by atoms with Gasteiger partial charge in [-0.1, -0.05) is 47.8 Å². The van der Waals surface area contributed by atoms with E-state index >= 15 is 0 Å². The SMILES string of the molecule is CC[C@@H](Sc1ccc(N=Cc2cccnc2Cl)cc1)C(=O)Nc1cccc(Cl)c1Cl. The fourth-order valence-corrected chi connectivity index (χ4v) is 4.02. The third-order valence-corrected chi connectivity index (χ3v) is 6.64. The molecule has 1 atom stereocenters. The summed E-state index contributed by atoms with van der Waals surface area (Å²) in [5.41, 5.74) is 2.04. The molecular formula is C22H18Cl3N3OS. The maximum Gasteiger partial charge on any atom is 0.237 e. The zero-order valence-corrected chi connectivity index (χ0v) is 19.1. The van der Waals surface area contributed by atoms with Crippen LogP contribution in [0.2, 0.25) is 15.2 Å². The van der Waals surface area contributed by atoms with Crippen molar-refractivity contribution in [2.45, 2.75) is 23.5 Å². The van der Waals surface area contributed by atoms with E-state index in [1.807, 2.05) is 37.3 Å². The summed E-state index contributed by atoms with van der Waals surface area (Å²) >= 11 is 19.7. The number of halogens is 3. The number of aliphatic imine (C=N–C) groups is 1. The molecule has 4 nitrogen and oxygen atoms in total. The Balaban J connectivity index is 1.65. The lowest BCUT2D eigenvalue weighted by Crippen LogP contribution is -2.24. The van der Waals surface area contributed by atoms with E-state index in [0.717, 1.165) is 16.1 Å². The number of anilines is 1. The molecule has 1 heterocycles. The van der Waals surface area contributed by atoms with E-state index in [2.05, 4.69) is 15.3 Å². The van der Waals surface area contributed by atoms with Crippen molar-refractivity contribution in [1.82, 2.24) is 4.98 Å². The lowest BCUT2D eigenvalue weighted by atomic mass is 10.2. The minimum Gasteiger partial charge on any atom is -0.324 e. The van der Waals surface area contributed by atoms with Crippen LogP contribution in [0.15, 0.2) is 70.7 Å². The third-order valence-electron chi connectivity index (χ3n) is 4.13. The molecule has 3 rings (SSSR count). The molecule has 1 N–H and O–H groups in total. The molecule has 0 aliphatic rings. The van der Waals surface area contributed by atoms with Gasteiger partial charge in [0.15, 0.2) is 0 Å². The Morgan fingerprint density at radius 3 is 2.60 bits per heavy atom. The Hall–Kier alpha value is -2.05. The van der Waals surface area contributed by atoms with Crippen molar-refractivity contribution in [3.63, 3.8) is 0 Å². The van der Waals surface area contributed by atoms with Crippen LogP contribution < -0.4 is 5.32 Å². The van der Waals surface area contributed by atoms with Crippen LogP contribution in [0.1, 0.15) is 18.9 Å². The number of carbonyl (C=O) groups excluding carboxylic acids is 1. The first-order chi connectivity index (χ1) is 14.5. The monoisotopic (exact) mass is 477 g/mol. The van der Waals surface area contributed by atoms with Gasteiger partial charge in [-0.15, -0.1) is 11.8 Å². The van der Waals surface area contributed by atoms with Crippen molar-refractivity contribution in [3.8, 4) is 0 Å². The average Bonchev–Trinajstić information content (AvgIpc) is 2.75. The molecule has 0 spiro atoms. The second kappa shape index (κ2) is 10.8. The minimum absolute atomic E-state index is 0.125. The molecule has 0 saturated heterocycles. The van der Waals surface area contributed by atoms with Gasteiger partial charge >= 0.3 is 0 Å². The van der Waals surface area contributed by atoms with Crippen molar-refractivity contribution in [3.05, 3.63) is 81.6 Å². The fraction of sp³-hybridized carbons (Fsp3) is 0.136. The first kappa shape index (κ1) is 22.6.